The molecule has 24 heavy (non-hydrogen) atoms. The van der Waals surface area contributed by atoms with Crippen LogP contribution in [0.2, 0.25) is 0 Å². The zero-order valence-electron chi connectivity index (χ0n) is 13.4. The number of anilines is 1. The Balaban J connectivity index is 1.71. The molecule has 0 unspecified atom stereocenters. The molecule has 7 heteroatoms. The molecule has 0 bridgehead atoms. The fraction of sp³-hybridized carbons (Fsp3) is 0.353. The summed E-state index contributed by atoms with van der Waals surface area (Å²) in [6.07, 6.45) is 0.801. The summed E-state index contributed by atoms with van der Waals surface area (Å²) >= 11 is 1.43. The van der Waals surface area contributed by atoms with Gasteiger partial charge in [-0.15, -0.1) is 0 Å². The van der Waals surface area contributed by atoms with Crippen LogP contribution in [0.15, 0.2) is 24.3 Å². The van der Waals surface area contributed by atoms with Crippen LogP contribution in [0.25, 0.3) is 0 Å². The van der Waals surface area contributed by atoms with Crippen LogP contribution in [-0.2, 0) is 22.4 Å². The summed E-state index contributed by atoms with van der Waals surface area (Å²) in [7, 11) is 0. The number of amides is 1. The second-order valence-electron chi connectivity index (χ2n) is 5.84. The normalized spacial score (nSPS) is 19.6. The Hall–Kier alpha value is -2.25. The van der Waals surface area contributed by atoms with E-state index in [4.69, 9.17) is 9.84 Å². The molecule has 1 aliphatic rings. The Morgan fingerprint density at radius 3 is 2.71 bits per heavy atom. The minimum atomic E-state index is -0.897. The van der Waals surface area contributed by atoms with E-state index >= 15 is 0 Å². The van der Waals surface area contributed by atoms with E-state index in [0.717, 1.165) is 17.0 Å². The molecule has 2 atom stereocenters. The van der Waals surface area contributed by atoms with Gasteiger partial charge in [-0.1, -0.05) is 23.5 Å². The summed E-state index contributed by atoms with van der Waals surface area (Å²) in [4.78, 5) is 28.6. The molecule has 2 aromatic rings. The monoisotopic (exact) mass is 346 g/mol. The quantitative estimate of drug-likeness (QED) is 0.888. The number of rotatable bonds is 4. The average molecular weight is 346 g/mol. The van der Waals surface area contributed by atoms with Crippen molar-refractivity contribution in [1.82, 2.24) is 4.98 Å². The van der Waals surface area contributed by atoms with Crippen molar-refractivity contribution < 1.29 is 19.4 Å². The van der Waals surface area contributed by atoms with Crippen molar-refractivity contribution in [2.24, 2.45) is 0 Å². The third-order valence-electron chi connectivity index (χ3n) is 3.81. The van der Waals surface area contributed by atoms with Gasteiger partial charge in [-0.3, -0.25) is 14.9 Å². The number of carbonyl (C=O) groups is 2. The van der Waals surface area contributed by atoms with Crippen LogP contribution in [0.4, 0.5) is 5.13 Å². The van der Waals surface area contributed by atoms with E-state index < -0.39 is 5.97 Å². The van der Waals surface area contributed by atoms with Crippen LogP contribution in [0, 0.1) is 0 Å². The third kappa shape index (κ3) is 3.63. The minimum Gasteiger partial charge on any atom is -0.481 e. The summed E-state index contributed by atoms with van der Waals surface area (Å²) in [5, 5.41) is 12.1. The fourth-order valence-corrected chi connectivity index (χ4v) is 3.71. The Labute approximate surface area is 143 Å². The van der Waals surface area contributed by atoms with Crippen molar-refractivity contribution in [1.29, 1.82) is 0 Å². The van der Waals surface area contributed by atoms with Crippen LogP contribution >= 0.6 is 11.3 Å². The van der Waals surface area contributed by atoms with Gasteiger partial charge in [-0.25, -0.2) is 4.98 Å². The topological polar surface area (TPSA) is 88.5 Å². The second-order valence-corrected chi connectivity index (χ2v) is 6.88. The highest BCUT2D eigenvalue weighted by Gasteiger charge is 2.26. The summed E-state index contributed by atoms with van der Waals surface area (Å²) < 4.78 is 5.77. The molecular weight excluding hydrogens is 328 g/mol. The molecule has 2 heterocycles. The van der Waals surface area contributed by atoms with Gasteiger partial charge >= 0.3 is 5.97 Å². The smallest absolute Gasteiger partial charge is 0.307 e. The Morgan fingerprint density at radius 2 is 2.04 bits per heavy atom. The Bertz CT molecular complexity index is 769. The number of carboxylic acids is 1. The van der Waals surface area contributed by atoms with Crippen molar-refractivity contribution in [2.75, 3.05) is 5.32 Å². The number of hydrogen-bond donors (Lipinski definition) is 2. The molecule has 1 amide bonds. The van der Waals surface area contributed by atoms with Crippen LogP contribution in [0.1, 0.15) is 46.4 Å². The van der Waals surface area contributed by atoms with Crippen molar-refractivity contribution in [3.8, 4) is 0 Å². The van der Waals surface area contributed by atoms with Crippen LogP contribution in [0.3, 0.4) is 0 Å². The molecule has 1 aliphatic heterocycles. The van der Waals surface area contributed by atoms with Crippen molar-refractivity contribution in [2.45, 2.75) is 38.9 Å². The van der Waals surface area contributed by atoms with E-state index in [9.17, 15) is 9.59 Å². The Morgan fingerprint density at radius 1 is 1.33 bits per heavy atom. The number of hydrogen-bond acceptors (Lipinski definition) is 5. The van der Waals surface area contributed by atoms with E-state index in [-0.39, 0.29) is 24.5 Å². The molecule has 0 saturated carbocycles. The molecule has 2 N–H and O–H groups in total. The summed E-state index contributed by atoms with van der Waals surface area (Å²) in [5.41, 5.74) is 2.11. The first-order valence-corrected chi connectivity index (χ1v) is 8.51. The number of thiazole rings is 1. The lowest BCUT2D eigenvalue weighted by atomic mass is 10.1. The van der Waals surface area contributed by atoms with Gasteiger partial charge in [-0.2, -0.15) is 0 Å². The van der Waals surface area contributed by atoms with Crippen molar-refractivity contribution in [3.63, 3.8) is 0 Å². The maximum absolute atomic E-state index is 12.3. The van der Waals surface area contributed by atoms with Gasteiger partial charge in [0, 0.05) is 12.0 Å². The number of aromatic nitrogens is 1. The first kappa shape index (κ1) is 16.6. The first-order chi connectivity index (χ1) is 11.4. The van der Waals surface area contributed by atoms with Gasteiger partial charge < -0.3 is 9.84 Å². The predicted molar refractivity (Wildman–Crippen MR) is 90.5 cm³/mol. The largest absolute Gasteiger partial charge is 0.481 e. The van der Waals surface area contributed by atoms with Gasteiger partial charge in [0.05, 0.1) is 29.2 Å². The van der Waals surface area contributed by atoms with E-state index in [1.54, 1.807) is 24.3 Å². The number of fused-ring (bicyclic) bond motifs is 1. The van der Waals surface area contributed by atoms with Crippen LogP contribution < -0.4 is 5.32 Å². The molecule has 0 saturated heterocycles. The lowest BCUT2D eigenvalue weighted by Crippen LogP contribution is -2.20. The zero-order valence-corrected chi connectivity index (χ0v) is 14.2. The fourth-order valence-electron chi connectivity index (χ4n) is 2.73. The molecule has 6 nitrogen and oxygen atoms in total. The molecule has 126 valence electrons. The van der Waals surface area contributed by atoms with Gasteiger partial charge in [0.25, 0.3) is 5.91 Å². The SMILES string of the molecule is C[C@@H]1Cc2nc(NC(=O)c3ccc(CC(=O)O)cc3)sc2[C@H](C)O1. The lowest BCUT2D eigenvalue weighted by Gasteiger charge is -2.23. The van der Waals surface area contributed by atoms with Gasteiger partial charge in [0.1, 0.15) is 0 Å². The van der Waals surface area contributed by atoms with Crippen LogP contribution in [0.5, 0.6) is 0 Å². The highest BCUT2D eigenvalue weighted by atomic mass is 32.1. The molecule has 0 aliphatic carbocycles. The molecule has 0 fully saturated rings. The van der Waals surface area contributed by atoms with Gasteiger partial charge in [-0.05, 0) is 31.5 Å². The average Bonchev–Trinajstić information content (AvgIpc) is 2.90. The molecule has 1 aromatic heterocycles. The number of carbonyl (C=O) groups excluding carboxylic acids is 1. The summed E-state index contributed by atoms with van der Waals surface area (Å²) in [6, 6.07) is 6.53. The highest BCUT2D eigenvalue weighted by molar-refractivity contribution is 7.16. The Kier molecular flexibility index (Phi) is 4.64. The molecule has 3 rings (SSSR count). The zero-order chi connectivity index (χ0) is 17.3. The van der Waals surface area contributed by atoms with E-state index in [1.807, 2.05) is 13.8 Å². The molecule has 0 radical (unpaired) electrons. The first-order valence-electron chi connectivity index (χ1n) is 7.69. The van der Waals surface area contributed by atoms with Crippen molar-refractivity contribution in [3.05, 3.63) is 46.0 Å². The number of nitrogens with zero attached hydrogens (tertiary/aromatic N) is 1. The maximum Gasteiger partial charge on any atom is 0.307 e. The standard InChI is InChI=1S/C17H18N2O4S/c1-9-7-13-15(10(2)23-9)24-17(18-13)19-16(22)12-5-3-11(4-6-12)8-14(20)21/h3-6,9-10H,7-8H2,1-2H3,(H,20,21)(H,18,19,22)/t9-,10+/m1/s1. The van der Waals surface area contributed by atoms with E-state index in [1.165, 1.54) is 11.3 Å². The lowest BCUT2D eigenvalue weighted by molar-refractivity contribution is -0.136. The van der Waals surface area contributed by atoms with E-state index in [2.05, 4.69) is 10.3 Å². The number of benzene rings is 1. The summed E-state index contributed by atoms with van der Waals surface area (Å²) in [5.74, 6) is -1.16. The third-order valence-corrected chi connectivity index (χ3v) is 4.98. The van der Waals surface area contributed by atoms with Gasteiger partial charge in [0.2, 0.25) is 0 Å². The number of aliphatic carboxylic acids is 1. The second kappa shape index (κ2) is 6.70. The van der Waals surface area contributed by atoms with Gasteiger partial charge in [0.15, 0.2) is 5.13 Å². The molecule has 0 spiro atoms. The highest BCUT2D eigenvalue weighted by Crippen LogP contribution is 2.36. The van der Waals surface area contributed by atoms with Crippen LogP contribution in [-0.4, -0.2) is 28.1 Å². The summed E-state index contributed by atoms with van der Waals surface area (Å²) in [6.45, 7) is 4.00. The molecular formula is C17H18N2O4S. The molecule has 1 aromatic carbocycles. The van der Waals surface area contributed by atoms with E-state index in [0.29, 0.717) is 16.3 Å². The predicted octanol–water partition coefficient (Wildman–Crippen LogP) is 3.04. The number of ether oxygens (including phenoxy) is 1. The van der Waals surface area contributed by atoms with Crippen molar-refractivity contribution >= 4 is 28.3 Å². The number of nitrogens with one attached hydrogen (secondary N) is 1. The number of carboxylic acid groups (broad SMARTS) is 1. The maximum atomic E-state index is 12.3. The minimum absolute atomic E-state index is 0.0118.